The van der Waals surface area contributed by atoms with Crippen LogP contribution in [0.4, 0.5) is 0 Å². The van der Waals surface area contributed by atoms with E-state index >= 15 is 0 Å². The van der Waals surface area contributed by atoms with Gasteiger partial charge in [-0.05, 0) is 32.3 Å². The molecule has 4 nitrogen and oxygen atoms in total. The minimum atomic E-state index is -0.414. The molecule has 1 aliphatic rings. The molecular formula is C12H16N4S. The number of hydrogen-bond donors (Lipinski definition) is 1. The lowest BCUT2D eigenvalue weighted by Gasteiger charge is -2.22. The number of hydrogen-bond acceptors (Lipinski definition) is 5. The second kappa shape index (κ2) is 5.48. The molecule has 1 fully saturated rings. The second-order valence-electron chi connectivity index (χ2n) is 4.49. The van der Waals surface area contributed by atoms with Crippen LogP contribution in [0.1, 0.15) is 26.2 Å². The molecule has 1 aromatic rings. The molecule has 1 saturated carbocycles. The lowest BCUT2D eigenvalue weighted by Crippen LogP contribution is -2.42. The van der Waals surface area contributed by atoms with Crippen molar-refractivity contribution in [3.63, 3.8) is 0 Å². The lowest BCUT2D eigenvalue weighted by molar-refractivity contribution is 0.433. The number of rotatable bonds is 6. The third kappa shape index (κ3) is 3.99. The van der Waals surface area contributed by atoms with Gasteiger partial charge in [0.2, 0.25) is 0 Å². The van der Waals surface area contributed by atoms with E-state index in [1.165, 1.54) is 12.8 Å². The number of thioether (sulfide) groups is 1. The monoisotopic (exact) mass is 248 g/mol. The Kier molecular flexibility index (Phi) is 3.97. The second-order valence-corrected chi connectivity index (χ2v) is 5.55. The van der Waals surface area contributed by atoms with Gasteiger partial charge in [-0.2, -0.15) is 5.26 Å². The number of nitrogens with zero attached hydrogens (tertiary/aromatic N) is 3. The normalized spacial score (nSPS) is 18.4. The molecule has 0 bridgehead atoms. The highest BCUT2D eigenvalue weighted by Gasteiger charge is 2.32. The standard InChI is InChI=1S/C12H16N4S/c1-12(9-13,16-10-3-4-10)5-8-17-11-14-6-2-7-15-11/h2,6-7,10,16H,3-5,8H2,1H3. The van der Waals surface area contributed by atoms with Gasteiger partial charge < -0.3 is 0 Å². The highest BCUT2D eigenvalue weighted by Crippen LogP contribution is 2.25. The van der Waals surface area contributed by atoms with E-state index in [0.717, 1.165) is 17.3 Å². The van der Waals surface area contributed by atoms with Crippen LogP contribution in [0.5, 0.6) is 0 Å². The van der Waals surface area contributed by atoms with Gasteiger partial charge >= 0.3 is 0 Å². The zero-order valence-corrected chi connectivity index (χ0v) is 10.7. The molecule has 5 heteroatoms. The number of aromatic nitrogens is 2. The fraction of sp³-hybridized carbons (Fsp3) is 0.583. The average molecular weight is 248 g/mol. The van der Waals surface area contributed by atoms with Crippen LogP contribution < -0.4 is 5.32 Å². The lowest BCUT2D eigenvalue weighted by atomic mass is 10.0. The van der Waals surface area contributed by atoms with Gasteiger partial charge in [-0.1, -0.05) is 11.8 Å². The zero-order valence-electron chi connectivity index (χ0n) is 9.89. The molecule has 0 radical (unpaired) electrons. The summed E-state index contributed by atoms with van der Waals surface area (Å²) in [5.41, 5.74) is -0.414. The summed E-state index contributed by atoms with van der Waals surface area (Å²) >= 11 is 1.60. The van der Waals surface area contributed by atoms with Crippen molar-refractivity contribution in [2.24, 2.45) is 0 Å². The Labute approximate surface area is 106 Å². The Morgan fingerprint density at radius 1 is 1.53 bits per heavy atom. The Bertz CT molecular complexity index is 399. The smallest absolute Gasteiger partial charge is 0.187 e. The van der Waals surface area contributed by atoms with Gasteiger partial charge in [-0.25, -0.2) is 9.97 Å². The summed E-state index contributed by atoms with van der Waals surface area (Å²) in [5.74, 6) is 0.855. The molecule has 1 N–H and O–H groups in total. The van der Waals surface area contributed by atoms with Crippen molar-refractivity contribution in [3.8, 4) is 6.07 Å². The molecule has 0 spiro atoms. The minimum absolute atomic E-state index is 0.414. The van der Waals surface area contributed by atoms with Gasteiger partial charge in [0.1, 0.15) is 5.54 Å². The maximum atomic E-state index is 9.21. The van der Waals surface area contributed by atoms with E-state index in [2.05, 4.69) is 21.4 Å². The van der Waals surface area contributed by atoms with E-state index in [-0.39, 0.29) is 0 Å². The summed E-state index contributed by atoms with van der Waals surface area (Å²) in [7, 11) is 0. The Hall–Kier alpha value is -1.12. The molecule has 1 unspecified atom stereocenters. The van der Waals surface area contributed by atoms with Crippen LogP contribution in [0.2, 0.25) is 0 Å². The maximum absolute atomic E-state index is 9.21. The van der Waals surface area contributed by atoms with Crippen molar-refractivity contribution in [1.29, 1.82) is 5.26 Å². The van der Waals surface area contributed by atoms with Crippen LogP contribution in [0.3, 0.4) is 0 Å². The van der Waals surface area contributed by atoms with Gasteiger partial charge in [-0.3, -0.25) is 5.32 Å². The first-order valence-electron chi connectivity index (χ1n) is 5.81. The fourth-order valence-corrected chi connectivity index (χ4v) is 2.51. The number of nitrogens with one attached hydrogen (secondary N) is 1. The molecule has 0 aliphatic heterocycles. The third-order valence-electron chi connectivity index (χ3n) is 2.72. The summed E-state index contributed by atoms with van der Waals surface area (Å²) < 4.78 is 0. The maximum Gasteiger partial charge on any atom is 0.187 e. The van der Waals surface area contributed by atoms with Crippen LogP contribution in [0.25, 0.3) is 0 Å². The van der Waals surface area contributed by atoms with Crippen molar-refractivity contribution in [1.82, 2.24) is 15.3 Å². The van der Waals surface area contributed by atoms with Gasteiger partial charge in [0.25, 0.3) is 0 Å². The van der Waals surface area contributed by atoms with Crippen LogP contribution >= 0.6 is 11.8 Å². The van der Waals surface area contributed by atoms with Crippen molar-refractivity contribution in [3.05, 3.63) is 18.5 Å². The van der Waals surface area contributed by atoms with E-state index in [1.807, 2.05) is 6.92 Å². The molecule has 1 atom stereocenters. The first-order valence-corrected chi connectivity index (χ1v) is 6.79. The fourth-order valence-electron chi connectivity index (χ4n) is 1.54. The van der Waals surface area contributed by atoms with Crippen molar-refractivity contribution in [2.75, 3.05) is 5.75 Å². The van der Waals surface area contributed by atoms with Crippen molar-refractivity contribution >= 4 is 11.8 Å². The van der Waals surface area contributed by atoms with E-state index in [0.29, 0.717) is 6.04 Å². The summed E-state index contributed by atoms with van der Waals surface area (Å²) in [5, 5.41) is 13.4. The van der Waals surface area contributed by atoms with Crippen molar-refractivity contribution in [2.45, 2.75) is 42.9 Å². The molecule has 1 aromatic heterocycles. The molecule has 17 heavy (non-hydrogen) atoms. The molecule has 1 aliphatic carbocycles. The molecular weight excluding hydrogens is 232 g/mol. The molecule has 0 amide bonds. The van der Waals surface area contributed by atoms with Crippen LogP contribution in [0, 0.1) is 11.3 Å². The van der Waals surface area contributed by atoms with E-state index in [4.69, 9.17) is 0 Å². The highest BCUT2D eigenvalue weighted by atomic mass is 32.2. The van der Waals surface area contributed by atoms with Gasteiger partial charge in [0.05, 0.1) is 6.07 Å². The van der Waals surface area contributed by atoms with Crippen molar-refractivity contribution < 1.29 is 0 Å². The summed E-state index contributed by atoms with van der Waals surface area (Å²) in [6.07, 6.45) is 6.68. The minimum Gasteiger partial charge on any atom is -0.297 e. The van der Waals surface area contributed by atoms with E-state index in [1.54, 1.807) is 30.2 Å². The Morgan fingerprint density at radius 2 is 2.24 bits per heavy atom. The average Bonchev–Trinajstić information content (AvgIpc) is 3.14. The summed E-state index contributed by atoms with van der Waals surface area (Å²) in [4.78, 5) is 8.29. The number of nitriles is 1. The van der Waals surface area contributed by atoms with Gasteiger partial charge in [-0.15, -0.1) is 0 Å². The van der Waals surface area contributed by atoms with Crippen LogP contribution in [-0.4, -0.2) is 27.3 Å². The SMILES string of the molecule is CC(C#N)(CCSc1ncccn1)NC1CC1. The topological polar surface area (TPSA) is 61.6 Å². The predicted octanol–water partition coefficient (Wildman–Crippen LogP) is 1.99. The Balaban J connectivity index is 1.78. The van der Waals surface area contributed by atoms with E-state index in [9.17, 15) is 5.26 Å². The first-order chi connectivity index (χ1) is 8.22. The summed E-state index contributed by atoms with van der Waals surface area (Å²) in [6.45, 7) is 1.97. The van der Waals surface area contributed by atoms with Crippen LogP contribution in [-0.2, 0) is 0 Å². The molecule has 90 valence electrons. The first kappa shape index (κ1) is 12.3. The Morgan fingerprint density at radius 3 is 2.82 bits per heavy atom. The third-order valence-corrected chi connectivity index (χ3v) is 3.60. The molecule has 0 saturated heterocycles. The van der Waals surface area contributed by atoms with Gasteiger partial charge in [0.15, 0.2) is 5.16 Å². The van der Waals surface area contributed by atoms with Gasteiger partial charge in [0, 0.05) is 24.2 Å². The van der Waals surface area contributed by atoms with E-state index < -0.39 is 5.54 Å². The molecule has 2 rings (SSSR count). The molecule has 0 aromatic carbocycles. The highest BCUT2D eigenvalue weighted by molar-refractivity contribution is 7.99. The predicted molar refractivity (Wildman–Crippen MR) is 67.5 cm³/mol. The summed E-state index contributed by atoms with van der Waals surface area (Å²) in [6, 6.07) is 4.73. The van der Waals surface area contributed by atoms with Crippen LogP contribution in [0.15, 0.2) is 23.6 Å². The molecule has 1 heterocycles. The zero-order chi connectivity index (χ0) is 12.1. The quantitative estimate of drug-likeness (QED) is 0.616. The largest absolute Gasteiger partial charge is 0.297 e.